The van der Waals surface area contributed by atoms with Crippen LogP contribution in [-0.4, -0.2) is 55.1 Å². The molecule has 1 aromatic heterocycles. The van der Waals surface area contributed by atoms with Crippen LogP contribution in [0.3, 0.4) is 0 Å². The fraction of sp³-hybridized carbons (Fsp3) is 0.250. The molecule has 1 aliphatic heterocycles. The fourth-order valence-electron chi connectivity index (χ4n) is 2.98. The van der Waals surface area contributed by atoms with Crippen molar-refractivity contribution in [1.82, 2.24) is 14.5 Å². The molecule has 1 N–H and O–H groups in total. The van der Waals surface area contributed by atoms with Crippen molar-refractivity contribution in [2.24, 2.45) is 0 Å². The summed E-state index contributed by atoms with van der Waals surface area (Å²) in [4.78, 5) is 12.7. The van der Waals surface area contributed by atoms with Gasteiger partial charge in [-0.2, -0.15) is 4.31 Å². The minimum atomic E-state index is -3.61. The summed E-state index contributed by atoms with van der Waals surface area (Å²) in [5.74, 6) is 0.177. The number of nitrogens with zero attached hydrogens (tertiary/aromatic N) is 3. The molecule has 1 aliphatic rings. The highest BCUT2D eigenvalue weighted by Gasteiger charge is 2.26. The zero-order valence-electron chi connectivity index (χ0n) is 17.0. The molecule has 1 amide bonds. The first-order chi connectivity index (χ1) is 15.8. The van der Waals surface area contributed by atoms with Crippen LogP contribution >= 0.6 is 46.3 Å². The zero-order valence-corrected chi connectivity index (χ0v) is 21.0. The van der Waals surface area contributed by atoms with E-state index in [1.165, 1.54) is 51.7 Å². The largest absolute Gasteiger partial charge is 0.379 e. The van der Waals surface area contributed by atoms with Gasteiger partial charge in [-0.15, -0.1) is 10.2 Å². The molecule has 0 bridgehead atoms. The van der Waals surface area contributed by atoms with Crippen LogP contribution in [0.1, 0.15) is 15.9 Å². The first kappa shape index (κ1) is 24.4. The van der Waals surface area contributed by atoms with Crippen LogP contribution in [-0.2, 0) is 20.5 Å². The molecule has 3 aromatic rings. The molecular weight excluding hydrogens is 527 g/mol. The summed E-state index contributed by atoms with van der Waals surface area (Å²) in [6, 6.07) is 11.1. The number of amides is 1. The number of thioether (sulfide) groups is 1. The normalized spacial score (nSPS) is 14.8. The lowest BCUT2D eigenvalue weighted by Gasteiger charge is -2.26. The maximum Gasteiger partial charge on any atom is 0.257 e. The summed E-state index contributed by atoms with van der Waals surface area (Å²) in [6.07, 6.45) is 0. The van der Waals surface area contributed by atoms with E-state index >= 15 is 0 Å². The predicted octanol–water partition coefficient (Wildman–Crippen LogP) is 4.41. The molecule has 1 fully saturated rings. The SMILES string of the molecule is O=C(Nc1nnc(SCc2ccc(Cl)cc2Cl)s1)c1ccc(S(=O)(=O)N2CCOCC2)cc1. The lowest BCUT2D eigenvalue weighted by molar-refractivity contribution is 0.0730. The molecule has 0 saturated carbocycles. The first-order valence-electron chi connectivity index (χ1n) is 9.72. The van der Waals surface area contributed by atoms with Gasteiger partial charge in [0.2, 0.25) is 15.2 Å². The summed E-state index contributed by atoms with van der Waals surface area (Å²) in [5.41, 5.74) is 1.23. The third-order valence-corrected chi connectivity index (χ3v) is 9.24. The molecule has 0 atom stereocenters. The van der Waals surface area contributed by atoms with Gasteiger partial charge in [0.15, 0.2) is 4.34 Å². The van der Waals surface area contributed by atoms with Crippen molar-refractivity contribution >= 4 is 67.4 Å². The van der Waals surface area contributed by atoms with Crippen LogP contribution in [0.15, 0.2) is 51.7 Å². The number of rotatable bonds is 7. The van der Waals surface area contributed by atoms with Crippen molar-refractivity contribution in [3.8, 4) is 0 Å². The lowest BCUT2D eigenvalue weighted by Crippen LogP contribution is -2.40. The summed E-state index contributed by atoms with van der Waals surface area (Å²) in [5, 5.41) is 12.3. The van der Waals surface area contributed by atoms with Crippen molar-refractivity contribution in [1.29, 1.82) is 0 Å². The van der Waals surface area contributed by atoms with Crippen molar-refractivity contribution < 1.29 is 17.9 Å². The number of morpholine rings is 1. The van der Waals surface area contributed by atoms with Gasteiger partial charge in [-0.05, 0) is 42.0 Å². The predicted molar refractivity (Wildman–Crippen MR) is 130 cm³/mol. The minimum Gasteiger partial charge on any atom is -0.379 e. The number of anilines is 1. The molecule has 8 nitrogen and oxygen atoms in total. The highest BCUT2D eigenvalue weighted by Crippen LogP contribution is 2.31. The van der Waals surface area contributed by atoms with E-state index < -0.39 is 15.9 Å². The number of carbonyl (C=O) groups excluding carboxylic acids is 1. The Morgan fingerprint density at radius 1 is 1.12 bits per heavy atom. The Kier molecular flexibility index (Phi) is 7.90. The number of hydrogen-bond acceptors (Lipinski definition) is 8. The zero-order chi connectivity index (χ0) is 23.4. The summed E-state index contributed by atoms with van der Waals surface area (Å²) < 4.78 is 32.7. The summed E-state index contributed by atoms with van der Waals surface area (Å²) in [7, 11) is -3.61. The first-order valence-corrected chi connectivity index (χ1v) is 13.7. The van der Waals surface area contributed by atoms with Crippen molar-refractivity contribution in [3.63, 3.8) is 0 Å². The molecule has 174 valence electrons. The van der Waals surface area contributed by atoms with E-state index in [0.717, 1.165) is 5.56 Å². The number of carbonyl (C=O) groups is 1. The van der Waals surface area contributed by atoms with E-state index in [-0.39, 0.29) is 4.90 Å². The van der Waals surface area contributed by atoms with Crippen LogP contribution in [0.5, 0.6) is 0 Å². The molecule has 0 spiro atoms. The number of hydrogen-bond donors (Lipinski definition) is 1. The smallest absolute Gasteiger partial charge is 0.257 e. The van der Waals surface area contributed by atoms with Gasteiger partial charge >= 0.3 is 0 Å². The molecule has 13 heteroatoms. The Balaban J connectivity index is 1.36. The highest BCUT2D eigenvalue weighted by atomic mass is 35.5. The van der Waals surface area contributed by atoms with Crippen LogP contribution in [0.4, 0.5) is 5.13 Å². The monoisotopic (exact) mass is 544 g/mol. The maximum atomic E-state index is 12.7. The van der Waals surface area contributed by atoms with Gasteiger partial charge in [-0.3, -0.25) is 10.1 Å². The van der Waals surface area contributed by atoms with E-state index in [2.05, 4.69) is 15.5 Å². The van der Waals surface area contributed by atoms with Crippen LogP contribution < -0.4 is 5.32 Å². The lowest BCUT2D eigenvalue weighted by atomic mass is 10.2. The van der Waals surface area contributed by atoms with Crippen LogP contribution in [0.25, 0.3) is 0 Å². The number of ether oxygens (including phenoxy) is 1. The van der Waals surface area contributed by atoms with Gasteiger partial charge in [-0.25, -0.2) is 8.42 Å². The standard InChI is InChI=1S/C20H18Cl2N4O4S3/c21-15-4-1-14(17(22)11-15)12-31-20-25-24-19(32-20)23-18(27)13-2-5-16(6-3-13)33(28,29)26-7-9-30-10-8-26/h1-6,11H,7-10,12H2,(H,23,24,27). The third-order valence-electron chi connectivity index (χ3n) is 4.72. The fourth-order valence-corrected chi connectivity index (χ4v) is 6.69. The van der Waals surface area contributed by atoms with Gasteiger partial charge in [0.25, 0.3) is 5.91 Å². The second-order valence-electron chi connectivity index (χ2n) is 6.89. The minimum absolute atomic E-state index is 0.136. The molecule has 0 unspecified atom stereocenters. The number of aromatic nitrogens is 2. The number of halogens is 2. The third kappa shape index (κ3) is 6.04. The molecule has 0 radical (unpaired) electrons. The molecular formula is C20H18Cl2N4O4S3. The Hall–Kier alpha value is -1.73. The van der Waals surface area contributed by atoms with Crippen LogP contribution in [0, 0.1) is 0 Å². The topological polar surface area (TPSA) is 101 Å². The molecule has 4 rings (SSSR count). The summed E-state index contributed by atoms with van der Waals surface area (Å²) in [6.45, 7) is 1.36. The van der Waals surface area contributed by atoms with Gasteiger partial charge in [0, 0.05) is 34.5 Å². The molecule has 2 aromatic carbocycles. The highest BCUT2D eigenvalue weighted by molar-refractivity contribution is 8.00. The average molecular weight is 545 g/mol. The number of nitrogens with one attached hydrogen (secondary N) is 1. The molecule has 2 heterocycles. The van der Waals surface area contributed by atoms with E-state index in [0.29, 0.717) is 57.1 Å². The van der Waals surface area contributed by atoms with E-state index in [1.54, 1.807) is 12.1 Å². The van der Waals surface area contributed by atoms with Crippen molar-refractivity contribution in [3.05, 3.63) is 63.6 Å². The van der Waals surface area contributed by atoms with Crippen LogP contribution in [0.2, 0.25) is 10.0 Å². The Labute approximate surface area is 209 Å². The second kappa shape index (κ2) is 10.7. The number of benzene rings is 2. The van der Waals surface area contributed by atoms with E-state index in [9.17, 15) is 13.2 Å². The maximum absolute atomic E-state index is 12.7. The van der Waals surface area contributed by atoms with Crippen molar-refractivity contribution in [2.75, 3.05) is 31.6 Å². The second-order valence-corrected chi connectivity index (χ2v) is 11.9. The molecule has 33 heavy (non-hydrogen) atoms. The average Bonchev–Trinajstić information content (AvgIpc) is 3.26. The van der Waals surface area contributed by atoms with Gasteiger partial charge in [0.05, 0.1) is 18.1 Å². The Bertz CT molecular complexity index is 1250. The molecule has 1 saturated heterocycles. The Morgan fingerprint density at radius 2 is 1.85 bits per heavy atom. The molecule has 0 aliphatic carbocycles. The van der Waals surface area contributed by atoms with E-state index in [1.807, 2.05) is 6.07 Å². The quantitative estimate of drug-likeness (QED) is 0.347. The summed E-state index contributed by atoms with van der Waals surface area (Å²) >= 11 is 14.8. The van der Waals surface area contributed by atoms with Gasteiger partial charge in [0.1, 0.15) is 0 Å². The van der Waals surface area contributed by atoms with Crippen molar-refractivity contribution in [2.45, 2.75) is 15.0 Å². The number of sulfonamides is 1. The van der Waals surface area contributed by atoms with E-state index in [4.69, 9.17) is 27.9 Å². The van der Waals surface area contributed by atoms with Gasteiger partial charge in [-0.1, -0.05) is 52.4 Å². The van der Waals surface area contributed by atoms with Gasteiger partial charge < -0.3 is 4.74 Å². The Morgan fingerprint density at radius 3 is 2.55 bits per heavy atom.